The van der Waals surface area contributed by atoms with Gasteiger partial charge in [-0.1, -0.05) is 0 Å². The molecule has 1 fully saturated rings. The van der Waals surface area contributed by atoms with E-state index in [-0.39, 0.29) is 0 Å². The molecule has 6 rings (SSSR count). The molecule has 0 saturated carbocycles. The standard InChI is InChI=1S/C24H26N10/c1-32(2)16-10-15(12-25-13-16)19-11-17-20(14-27-19)30-31-21(17)23-28-18-4-5-26-24(22(18)29-23)34-8-6-33(3)7-9-34/h4-5,10-14H,6-9H2,1-3H3,(H,28,29)(H,30,31). The minimum Gasteiger partial charge on any atom is -0.376 e. The number of fused-ring (bicyclic) bond motifs is 2. The zero-order valence-corrected chi connectivity index (χ0v) is 19.4. The number of aromatic nitrogens is 7. The van der Waals surface area contributed by atoms with Gasteiger partial charge in [-0.2, -0.15) is 5.10 Å². The highest BCUT2D eigenvalue weighted by atomic mass is 15.3. The number of nitrogens with one attached hydrogen (secondary N) is 2. The van der Waals surface area contributed by atoms with Gasteiger partial charge in [0.1, 0.15) is 11.2 Å². The molecule has 5 aromatic heterocycles. The van der Waals surface area contributed by atoms with E-state index in [2.05, 4.69) is 53.0 Å². The number of anilines is 2. The topological polar surface area (TPSA) is 106 Å². The molecule has 0 bridgehead atoms. The number of hydrogen-bond donors (Lipinski definition) is 2. The lowest BCUT2D eigenvalue weighted by atomic mass is 10.1. The highest BCUT2D eigenvalue weighted by Crippen LogP contribution is 2.31. The van der Waals surface area contributed by atoms with E-state index >= 15 is 0 Å². The van der Waals surface area contributed by atoms with E-state index in [9.17, 15) is 0 Å². The molecule has 1 aliphatic rings. The summed E-state index contributed by atoms with van der Waals surface area (Å²) in [6.45, 7) is 3.90. The minimum atomic E-state index is 0.710. The number of piperazine rings is 1. The lowest BCUT2D eigenvalue weighted by Crippen LogP contribution is -2.44. The second kappa shape index (κ2) is 8.07. The Morgan fingerprint density at radius 1 is 0.971 bits per heavy atom. The van der Waals surface area contributed by atoms with E-state index in [0.29, 0.717) is 5.82 Å². The molecule has 0 aromatic carbocycles. The first kappa shape index (κ1) is 20.5. The first-order valence-electron chi connectivity index (χ1n) is 11.3. The van der Waals surface area contributed by atoms with Crippen molar-refractivity contribution in [2.75, 3.05) is 57.1 Å². The zero-order valence-electron chi connectivity index (χ0n) is 19.4. The average Bonchev–Trinajstić information content (AvgIpc) is 3.48. The van der Waals surface area contributed by atoms with E-state index < -0.39 is 0 Å². The summed E-state index contributed by atoms with van der Waals surface area (Å²) in [5, 5.41) is 8.62. The van der Waals surface area contributed by atoms with Gasteiger partial charge in [-0.3, -0.25) is 15.1 Å². The smallest absolute Gasteiger partial charge is 0.159 e. The fraction of sp³-hybridized carbons (Fsp3) is 0.292. The van der Waals surface area contributed by atoms with Crippen molar-refractivity contribution < 1.29 is 0 Å². The molecular weight excluding hydrogens is 428 g/mol. The van der Waals surface area contributed by atoms with Gasteiger partial charge in [0.05, 0.1) is 34.8 Å². The van der Waals surface area contributed by atoms with Crippen molar-refractivity contribution in [2.24, 2.45) is 0 Å². The molecule has 0 spiro atoms. The number of H-pyrrole nitrogens is 2. The molecular formula is C24H26N10. The number of aromatic amines is 2. The van der Waals surface area contributed by atoms with Gasteiger partial charge in [0.15, 0.2) is 11.6 Å². The maximum atomic E-state index is 4.94. The Morgan fingerprint density at radius 3 is 2.65 bits per heavy atom. The molecule has 6 heterocycles. The summed E-state index contributed by atoms with van der Waals surface area (Å²) in [5.74, 6) is 1.63. The number of likely N-dealkylation sites (N-methyl/N-ethyl adjacent to an activating group) is 1. The molecule has 1 aliphatic heterocycles. The highest BCUT2D eigenvalue weighted by molar-refractivity contribution is 5.96. The Hall–Kier alpha value is -4.05. The first-order valence-corrected chi connectivity index (χ1v) is 11.3. The third kappa shape index (κ3) is 3.52. The van der Waals surface area contributed by atoms with Gasteiger partial charge in [-0.05, 0) is 25.2 Å². The zero-order chi connectivity index (χ0) is 23.2. The number of nitrogens with zero attached hydrogens (tertiary/aromatic N) is 8. The fourth-order valence-electron chi connectivity index (χ4n) is 4.35. The van der Waals surface area contributed by atoms with E-state index in [1.54, 1.807) is 0 Å². The van der Waals surface area contributed by atoms with Gasteiger partial charge in [-0.25, -0.2) is 9.97 Å². The quantitative estimate of drug-likeness (QED) is 0.427. The molecule has 172 valence electrons. The van der Waals surface area contributed by atoms with E-state index in [1.807, 2.05) is 55.9 Å². The second-order valence-electron chi connectivity index (χ2n) is 8.92. The predicted molar refractivity (Wildman–Crippen MR) is 134 cm³/mol. The number of imidazole rings is 1. The summed E-state index contributed by atoms with van der Waals surface area (Å²) in [4.78, 5) is 28.7. The normalized spacial score (nSPS) is 14.9. The van der Waals surface area contributed by atoms with Crippen molar-refractivity contribution >= 4 is 33.4 Å². The Balaban J connectivity index is 1.42. The van der Waals surface area contributed by atoms with Crippen LogP contribution in [0.1, 0.15) is 0 Å². The van der Waals surface area contributed by atoms with Crippen LogP contribution >= 0.6 is 0 Å². The Labute approximate surface area is 196 Å². The van der Waals surface area contributed by atoms with Gasteiger partial charge in [0, 0.05) is 63.6 Å². The predicted octanol–water partition coefficient (Wildman–Crippen LogP) is 2.78. The van der Waals surface area contributed by atoms with Gasteiger partial charge in [0.25, 0.3) is 0 Å². The van der Waals surface area contributed by atoms with Crippen LogP contribution in [0, 0.1) is 0 Å². The second-order valence-corrected chi connectivity index (χ2v) is 8.92. The van der Waals surface area contributed by atoms with Crippen LogP contribution in [0.4, 0.5) is 11.5 Å². The SMILES string of the molecule is CN1CCN(c2nccc3[nH]c(-c4n[nH]c5cnc(-c6cncc(N(C)C)c6)cc45)nc23)CC1. The van der Waals surface area contributed by atoms with Crippen molar-refractivity contribution in [3.63, 3.8) is 0 Å². The maximum absolute atomic E-state index is 4.94. The van der Waals surface area contributed by atoms with Crippen molar-refractivity contribution in [1.29, 1.82) is 0 Å². The monoisotopic (exact) mass is 454 g/mol. The summed E-state index contributed by atoms with van der Waals surface area (Å²) in [5.41, 5.74) is 6.24. The maximum Gasteiger partial charge on any atom is 0.159 e. The first-order chi connectivity index (χ1) is 16.6. The molecule has 0 unspecified atom stereocenters. The minimum absolute atomic E-state index is 0.710. The third-order valence-electron chi connectivity index (χ3n) is 6.39. The highest BCUT2D eigenvalue weighted by Gasteiger charge is 2.21. The average molecular weight is 455 g/mol. The summed E-state index contributed by atoms with van der Waals surface area (Å²) >= 11 is 0. The van der Waals surface area contributed by atoms with Crippen LogP contribution in [0.15, 0.2) is 43.0 Å². The van der Waals surface area contributed by atoms with Crippen molar-refractivity contribution in [3.05, 3.63) is 43.0 Å². The van der Waals surface area contributed by atoms with Crippen molar-refractivity contribution in [2.45, 2.75) is 0 Å². The van der Waals surface area contributed by atoms with Crippen LogP contribution in [0.3, 0.4) is 0 Å². The summed E-state index contributed by atoms with van der Waals surface area (Å²) in [6.07, 6.45) is 7.32. The van der Waals surface area contributed by atoms with Crippen molar-refractivity contribution in [1.82, 2.24) is 40.0 Å². The molecule has 2 N–H and O–H groups in total. The van der Waals surface area contributed by atoms with Crippen molar-refractivity contribution in [3.8, 4) is 22.8 Å². The Morgan fingerprint density at radius 2 is 1.82 bits per heavy atom. The lowest BCUT2D eigenvalue weighted by Gasteiger charge is -2.33. The van der Waals surface area contributed by atoms with E-state index in [1.165, 1.54) is 0 Å². The van der Waals surface area contributed by atoms with E-state index in [4.69, 9.17) is 4.98 Å². The molecule has 5 aromatic rings. The fourth-order valence-corrected chi connectivity index (χ4v) is 4.35. The Kier molecular flexibility index (Phi) is 4.88. The van der Waals surface area contributed by atoms with Gasteiger partial charge in [0.2, 0.25) is 0 Å². The van der Waals surface area contributed by atoms with Crippen LogP contribution in [0.2, 0.25) is 0 Å². The number of rotatable bonds is 4. The third-order valence-corrected chi connectivity index (χ3v) is 6.39. The van der Waals surface area contributed by atoms with Gasteiger partial charge in [-0.15, -0.1) is 0 Å². The molecule has 0 amide bonds. The molecule has 1 saturated heterocycles. The number of pyridine rings is 3. The molecule has 10 nitrogen and oxygen atoms in total. The lowest BCUT2D eigenvalue weighted by molar-refractivity contribution is 0.312. The van der Waals surface area contributed by atoms with Crippen LogP contribution in [-0.2, 0) is 0 Å². The van der Waals surface area contributed by atoms with Crippen LogP contribution in [-0.4, -0.2) is 87.3 Å². The molecule has 10 heteroatoms. The summed E-state index contributed by atoms with van der Waals surface area (Å²) in [6, 6.07) is 6.08. The molecule has 0 radical (unpaired) electrons. The summed E-state index contributed by atoms with van der Waals surface area (Å²) in [7, 11) is 6.15. The van der Waals surface area contributed by atoms with E-state index in [0.717, 1.165) is 76.6 Å². The molecule has 0 atom stereocenters. The Bertz CT molecular complexity index is 1480. The molecule has 34 heavy (non-hydrogen) atoms. The van der Waals surface area contributed by atoms with Gasteiger partial charge < -0.3 is 19.7 Å². The largest absolute Gasteiger partial charge is 0.376 e. The molecule has 0 aliphatic carbocycles. The van der Waals surface area contributed by atoms with Crippen LogP contribution < -0.4 is 9.80 Å². The van der Waals surface area contributed by atoms with Gasteiger partial charge >= 0.3 is 0 Å². The number of hydrogen-bond acceptors (Lipinski definition) is 8. The summed E-state index contributed by atoms with van der Waals surface area (Å²) < 4.78 is 0. The van der Waals surface area contributed by atoms with Crippen LogP contribution in [0.25, 0.3) is 44.7 Å². The van der Waals surface area contributed by atoms with Crippen LogP contribution in [0.5, 0.6) is 0 Å².